The Balaban J connectivity index is 0.000000283. The van der Waals surface area contributed by atoms with E-state index in [-0.39, 0.29) is 11.5 Å². The number of carbonyl (C=O) groups is 1. The molecule has 0 unspecified atom stereocenters. The molecule has 0 bridgehead atoms. The number of phenolic OH excluding ortho intramolecular Hbond substituents is 2. The lowest BCUT2D eigenvalue weighted by molar-refractivity contribution is -0.0979. The summed E-state index contributed by atoms with van der Waals surface area (Å²) < 4.78 is 0. The SMILES string of the molecule is C=O.Nc1ccc(O)cc1.Nc1ccc(O)cc1. The van der Waals surface area contributed by atoms with Crippen molar-refractivity contribution in [2.75, 3.05) is 11.5 Å². The second-order valence-corrected chi connectivity index (χ2v) is 3.18. The maximum atomic E-state index is 8.70. The van der Waals surface area contributed by atoms with Gasteiger partial charge in [-0.1, -0.05) is 0 Å². The quantitative estimate of drug-likeness (QED) is 0.419. The number of hydrogen-bond acceptors (Lipinski definition) is 5. The predicted molar refractivity (Wildman–Crippen MR) is 72.2 cm³/mol. The van der Waals surface area contributed by atoms with E-state index in [0.29, 0.717) is 11.4 Å². The van der Waals surface area contributed by atoms with Crippen molar-refractivity contribution in [3.63, 3.8) is 0 Å². The third-order valence-corrected chi connectivity index (χ3v) is 1.79. The topological polar surface area (TPSA) is 110 Å². The fourth-order valence-electron chi connectivity index (χ4n) is 0.949. The molecule has 6 N–H and O–H groups in total. The van der Waals surface area contributed by atoms with E-state index in [4.69, 9.17) is 26.5 Å². The zero-order valence-corrected chi connectivity index (χ0v) is 9.78. The number of nitrogen functional groups attached to an aromatic ring is 2. The van der Waals surface area contributed by atoms with Crippen LogP contribution in [0.2, 0.25) is 0 Å². The highest BCUT2D eigenvalue weighted by molar-refractivity contribution is 5.41. The molecule has 2 aromatic rings. The van der Waals surface area contributed by atoms with Gasteiger partial charge in [0.2, 0.25) is 0 Å². The van der Waals surface area contributed by atoms with Crippen LogP contribution in [0.15, 0.2) is 48.5 Å². The molecular formula is C13H16N2O3. The van der Waals surface area contributed by atoms with Gasteiger partial charge >= 0.3 is 0 Å². The first-order chi connectivity index (χ1) is 8.58. The van der Waals surface area contributed by atoms with E-state index in [1.807, 2.05) is 6.79 Å². The van der Waals surface area contributed by atoms with Crippen molar-refractivity contribution in [2.24, 2.45) is 0 Å². The van der Waals surface area contributed by atoms with Crippen molar-refractivity contribution < 1.29 is 15.0 Å². The van der Waals surface area contributed by atoms with E-state index in [1.165, 1.54) is 0 Å². The molecular weight excluding hydrogens is 232 g/mol. The Morgan fingerprint density at radius 1 is 0.667 bits per heavy atom. The maximum Gasteiger partial charge on any atom is 0.115 e. The zero-order chi connectivity index (χ0) is 14.0. The summed E-state index contributed by atoms with van der Waals surface area (Å²) in [6.45, 7) is 2.00. The molecule has 2 rings (SSSR count). The van der Waals surface area contributed by atoms with Gasteiger partial charge in [-0.2, -0.15) is 0 Å². The fourth-order valence-corrected chi connectivity index (χ4v) is 0.949. The first kappa shape index (κ1) is 15.3. The third kappa shape index (κ3) is 6.73. The third-order valence-electron chi connectivity index (χ3n) is 1.79. The summed E-state index contributed by atoms with van der Waals surface area (Å²) in [4.78, 5) is 8.00. The summed E-state index contributed by atoms with van der Waals surface area (Å²) in [5.41, 5.74) is 12.0. The highest BCUT2D eigenvalue weighted by Crippen LogP contribution is 2.10. The Hall–Kier alpha value is -2.69. The molecule has 0 atom stereocenters. The minimum atomic E-state index is 0.249. The van der Waals surface area contributed by atoms with Crippen LogP contribution in [0, 0.1) is 0 Å². The minimum Gasteiger partial charge on any atom is -0.508 e. The van der Waals surface area contributed by atoms with Crippen LogP contribution >= 0.6 is 0 Å². The number of phenols is 2. The summed E-state index contributed by atoms with van der Waals surface area (Å²) in [7, 11) is 0. The molecule has 96 valence electrons. The van der Waals surface area contributed by atoms with Gasteiger partial charge in [0, 0.05) is 11.4 Å². The van der Waals surface area contributed by atoms with Gasteiger partial charge < -0.3 is 26.5 Å². The van der Waals surface area contributed by atoms with Crippen LogP contribution in [0.5, 0.6) is 11.5 Å². The Labute approximate surface area is 105 Å². The molecule has 0 amide bonds. The van der Waals surface area contributed by atoms with Crippen molar-refractivity contribution in [1.29, 1.82) is 0 Å². The van der Waals surface area contributed by atoms with E-state index in [2.05, 4.69) is 0 Å². The van der Waals surface area contributed by atoms with Crippen molar-refractivity contribution >= 4 is 18.2 Å². The lowest BCUT2D eigenvalue weighted by Crippen LogP contribution is -1.80. The molecule has 0 saturated carbocycles. The number of carbonyl (C=O) groups excluding carboxylic acids is 1. The molecule has 5 nitrogen and oxygen atoms in total. The van der Waals surface area contributed by atoms with Crippen LogP contribution in [0.3, 0.4) is 0 Å². The van der Waals surface area contributed by atoms with Gasteiger partial charge in [-0.25, -0.2) is 0 Å². The Morgan fingerprint density at radius 2 is 0.889 bits per heavy atom. The smallest absolute Gasteiger partial charge is 0.115 e. The van der Waals surface area contributed by atoms with Gasteiger partial charge in [-0.3, -0.25) is 0 Å². The highest BCUT2D eigenvalue weighted by Gasteiger charge is 1.83. The average Bonchev–Trinajstić information content (AvgIpc) is 2.40. The first-order valence-corrected chi connectivity index (χ1v) is 4.96. The summed E-state index contributed by atoms with van der Waals surface area (Å²) in [5, 5.41) is 17.4. The Bertz CT molecular complexity index is 355. The second-order valence-electron chi connectivity index (χ2n) is 3.18. The first-order valence-electron chi connectivity index (χ1n) is 4.96. The summed E-state index contributed by atoms with van der Waals surface area (Å²) in [5.74, 6) is 0.499. The minimum absolute atomic E-state index is 0.249. The highest BCUT2D eigenvalue weighted by atomic mass is 16.3. The van der Waals surface area contributed by atoms with E-state index >= 15 is 0 Å². The van der Waals surface area contributed by atoms with Crippen LogP contribution in [-0.2, 0) is 4.79 Å². The summed E-state index contributed by atoms with van der Waals surface area (Å²) in [6.07, 6.45) is 0. The molecule has 0 fully saturated rings. The van der Waals surface area contributed by atoms with Crippen molar-refractivity contribution in [3.8, 4) is 11.5 Å². The monoisotopic (exact) mass is 248 g/mol. The van der Waals surface area contributed by atoms with Crippen molar-refractivity contribution in [1.82, 2.24) is 0 Å². The number of nitrogens with two attached hydrogens (primary N) is 2. The molecule has 0 aliphatic heterocycles. The molecule has 0 saturated heterocycles. The Kier molecular flexibility index (Phi) is 7.20. The van der Waals surface area contributed by atoms with Crippen LogP contribution in [0.4, 0.5) is 11.4 Å². The lowest BCUT2D eigenvalue weighted by Gasteiger charge is -1.89. The van der Waals surface area contributed by atoms with E-state index in [0.717, 1.165) is 0 Å². The van der Waals surface area contributed by atoms with Gasteiger partial charge in [0.05, 0.1) is 0 Å². The van der Waals surface area contributed by atoms with Gasteiger partial charge in [-0.05, 0) is 48.5 Å². The van der Waals surface area contributed by atoms with E-state index in [1.54, 1.807) is 48.5 Å². The normalized spacial score (nSPS) is 8.22. The molecule has 0 spiro atoms. The second kappa shape index (κ2) is 8.46. The molecule has 0 heterocycles. The molecule has 0 aliphatic carbocycles. The number of benzene rings is 2. The summed E-state index contributed by atoms with van der Waals surface area (Å²) in [6, 6.07) is 12.8. The van der Waals surface area contributed by atoms with Crippen molar-refractivity contribution in [3.05, 3.63) is 48.5 Å². The standard InChI is InChI=1S/2C6H7NO.CH2O/c2*7-5-1-3-6(8)4-2-5;1-2/h2*1-4,8H,7H2;1H2. The largest absolute Gasteiger partial charge is 0.508 e. The van der Waals surface area contributed by atoms with Gasteiger partial charge in [0.15, 0.2) is 0 Å². The number of anilines is 2. The van der Waals surface area contributed by atoms with Crippen molar-refractivity contribution in [2.45, 2.75) is 0 Å². The molecule has 18 heavy (non-hydrogen) atoms. The van der Waals surface area contributed by atoms with Crippen LogP contribution in [0.25, 0.3) is 0 Å². The van der Waals surface area contributed by atoms with Gasteiger partial charge in [0.1, 0.15) is 18.3 Å². The molecule has 5 heteroatoms. The fraction of sp³-hybridized carbons (Fsp3) is 0. The maximum absolute atomic E-state index is 8.70. The molecule has 2 aromatic carbocycles. The van der Waals surface area contributed by atoms with E-state index in [9.17, 15) is 0 Å². The average molecular weight is 248 g/mol. The predicted octanol–water partition coefficient (Wildman–Crippen LogP) is 1.76. The molecule has 0 aromatic heterocycles. The van der Waals surface area contributed by atoms with E-state index < -0.39 is 0 Å². The number of rotatable bonds is 0. The zero-order valence-electron chi connectivity index (χ0n) is 9.78. The lowest BCUT2D eigenvalue weighted by atomic mass is 10.3. The molecule has 0 radical (unpaired) electrons. The molecule has 0 aliphatic rings. The van der Waals surface area contributed by atoms with Crippen LogP contribution < -0.4 is 11.5 Å². The van der Waals surface area contributed by atoms with Crippen LogP contribution in [0.1, 0.15) is 0 Å². The number of hydrogen-bond donors (Lipinski definition) is 4. The van der Waals surface area contributed by atoms with Gasteiger partial charge in [-0.15, -0.1) is 0 Å². The van der Waals surface area contributed by atoms with Gasteiger partial charge in [0.25, 0.3) is 0 Å². The van der Waals surface area contributed by atoms with Crippen LogP contribution in [-0.4, -0.2) is 17.0 Å². The number of aromatic hydroxyl groups is 2. The summed E-state index contributed by atoms with van der Waals surface area (Å²) >= 11 is 0. The Morgan fingerprint density at radius 3 is 1.06 bits per heavy atom.